The molecular weight excluding hydrogens is 598 g/mol. The lowest BCUT2D eigenvalue weighted by molar-refractivity contribution is -0.302. The van der Waals surface area contributed by atoms with Crippen molar-refractivity contribution in [3.63, 3.8) is 0 Å². The molecule has 1 fully saturated rings. The average molecular weight is 674 g/mol. The first-order valence-corrected chi connectivity index (χ1v) is 19.7. The number of nitrogens with one attached hydrogen (secondary N) is 1. The van der Waals surface area contributed by atoms with Crippen LogP contribution in [0.25, 0.3) is 0 Å². The molecule has 1 heterocycles. The van der Waals surface area contributed by atoms with Gasteiger partial charge >= 0.3 is 0 Å². The number of amides is 1. The molecule has 0 aromatic carbocycles. The molecule has 0 spiro atoms. The molecule has 1 saturated heterocycles. The van der Waals surface area contributed by atoms with E-state index in [0.29, 0.717) is 12.8 Å². The molecule has 1 rings (SSSR count). The van der Waals surface area contributed by atoms with E-state index < -0.39 is 49.5 Å². The first-order chi connectivity index (χ1) is 22.8. The number of rotatable bonds is 32. The van der Waals surface area contributed by atoms with Crippen LogP contribution in [0.1, 0.15) is 181 Å². The van der Waals surface area contributed by atoms with Crippen LogP contribution in [0.5, 0.6) is 0 Å². The molecule has 9 heteroatoms. The third-order valence-corrected chi connectivity index (χ3v) is 9.71. The van der Waals surface area contributed by atoms with Crippen LogP contribution in [-0.2, 0) is 14.3 Å². The maximum Gasteiger partial charge on any atom is 0.220 e. The fourth-order valence-corrected chi connectivity index (χ4v) is 6.45. The smallest absolute Gasteiger partial charge is 0.220 e. The van der Waals surface area contributed by atoms with Gasteiger partial charge in [0, 0.05) is 6.42 Å². The molecular formula is C38H75NO8. The molecule has 1 aliphatic heterocycles. The van der Waals surface area contributed by atoms with E-state index in [-0.39, 0.29) is 12.5 Å². The third-order valence-electron chi connectivity index (χ3n) is 9.71. The van der Waals surface area contributed by atoms with Crippen LogP contribution in [0.3, 0.4) is 0 Å². The normalized spacial score (nSPS) is 22.7. The monoisotopic (exact) mass is 674 g/mol. The molecule has 1 amide bonds. The average Bonchev–Trinajstić information content (AvgIpc) is 3.07. The highest BCUT2D eigenvalue weighted by molar-refractivity contribution is 5.76. The van der Waals surface area contributed by atoms with Crippen LogP contribution in [-0.4, -0.2) is 87.5 Å². The highest BCUT2D eigenvalue weighted by Gasteiger charge is 2.44. The predicted molar refractivity (Wildman–Crippen MR) is 189 cm³/mol. The van der Waals surface area contributed by atoms with Crippen molar-refractivity contribution in [1.82, 2.24) is 5.32 Å². The van der Waals surface area contributed by atoms with Crippen LogP contribution in [0.15, 0.2) is 0 Å². The fraction of sp³-hybridized carbons (Fsp3) is 0.974. The van der Waals surface area contributed by atoms with Gasteiger partial charge in [0.05, 0.1) is 25.4 Å². The summed E-state index contributed by atoms with van der Waals surface area (Å²) in [5.74, 6) is -0.146. The van der Waals surface area contributed by atoms with Crippen molar-refractivity contribution in [2.24, 2.45) is 0 Å². The van der Waals surface area contributed by atoms with Gasteiger partial charge in [0.1, 0.15) is 24.4 Å². The Morgan fingerprint density at radius 1 is 0.638 bits per heavy atom. The molecule has 0 radical (unpaired) electrons. The summed E-state index contributed by atoms with van der Waals surface area (Å²) in [4.78, 5) is 12.9. The number of aliphatic hydroxyl groups excluding tert-OH is 5. The van der Waals surface area contributed by atoms with Crippen molar-refractivity contribution < 1.29 is 39.8 Å². The largest absolute Gasteiger partial charge is 0.394 e. The molecule has 7 atom stereocenters. The fourth-order valence-electron chi connectivity index (χ4n) is 6.45. The zero-order valence-corrected chi connectivity index (χ0v) is 30.3. The van der Waals surface area contributed by atoms with Crippen LogP contribution in [0.2, 0.25) is 0 Å². The van der Waals surface area contributed by atoms with Gasteiger partial charge in [-0.15, -0.1) is 0 Å². The molecule has 0 saturated carbocycles. The van der Waals surface area contributed by atoms with Gasteiger partial charge in [-0.3, -0.25) is 4.79 Å². The van der Waals surface area contributed by atoms with E-state index in [9.17, 15) is 30.3 Å². The van der Waals surface area contributed by atoms with Crippen LogP contribution in [0, 0.1) is 0 Å². The Labute approximate surface area is 287 Å². The number of hydrogen-bond donors (Lipinski definition) is 6. The maximum absolute atomic E-state index is 12.9. The number of carbonyl (C=O) groups is 1. The molecule has 9 nitrogen and oxygen atoms in total. The Bertz CT molecular complexity index is 711. The maximum atomic E-state index is 12.9. The Balaban J connectivity index is 2.41. The third kappa shape index (κ3) is 21.8. The summed E-state index contributed by atoms with van der Waals surface area (Å²) in [6, 6.07) is -0.708. The van der Waals surface area contributed by atoms with Gasteiger partial charge in [0.25, 0.3) is 0 Å². The van der Waals surface area contributed by atoms with Gasteiger partial charge in [-0.2, -0.15) is 0 Å². The first-order valence-electron chi connectivity index (χ1n) is 19.7. The molecule has 6 N–H and O–H groups in total. The van der Waals surface area contributed by atoms with E-state index in [1.54, 1.807) is 0 Å². The molecule has 0 aromatic rings. The molecule has 1 aliphatic rings. The van der Waals surface area contributed by atoms with E-state index in [1.807, 2.05) is 0 Å². The summed E-state index contributed by atoms with van der Waals surface area (Å²) in [7, 11) is 0. The summed E-state index contributed by atoms with van der Waals surface area (Å²) in [6.07, 6.45) is 22.5. The number of ether oxygens (including phenoxy) is 2. The number of carbonyl (C=O) groups excluding carboxylic acids is 1. The molecule has 0 aliphatic carbocycles. The lowest BCUT2D eigenvalue weighted by atomic mass is 9.99. The minimum atomic E-state index is -1.55. The molecule has 0 aromatic heterocycles. The van der Waals surface area contributed by atoms with Gasteiger partial charge < -0.3 is 40.3 Å². The topological polar surface area (TPSA) is 149 Å². The van der Waals surface area contributed by atoms with Crippen LogP contribution in [0.4, 0.5) is 0 Å². The van der Waals surface area contributed by atoms with Gasteiger partial charge in [-0.05, 0) is 12.8 Å². The van der Waals surface area contributed by atoms with Gasteiger partial charge in [0.15, 0.2) is 6.29 Å². The summed E-state index contributed by atoms with van der Waals surface area (Å²) in [5.41, 5.74) is 0. The molecule has 0 bridgehead atoms. The number of unbranched alkanes of at least 4 members (excludes halogenated alkanes) is 22. The second-order valence-electron chi connectivity index (χ2n) is 14.1. The first kappa shape index (κ1) is 44.2. The van der Waals surface area contributed by atoms with E-state index in [0.717, 1.165) is 38.5 Å². The van der Waals surface area contributed by atoms with E-state index >= 15 is 0 Å². The van der Waals surface area contributed by atoms with Crippen molar-refractivity contribution >= 4 is 5.91 Å². The standard InChI is InChI=1S/C38H75NO8/c1-3-5-7-9-11-13-15-16-18-19-21-23-25-27-32(41)31(30-46-38-37(45)36(44)35(43)33(29-40)47-38)39-34(42)28-26-24-22-20-17-14-12-10-8-6-4-2/h31-33,35-38,40-41,43-45H,3-30H2,1-2H3,(H,39,42)/t31-,32+,33+,35+,36-,37+,38-/m0/s1. The van der Waals surface area contributed by atoms with E-state index in [1.165, 1.54) is 116 Å². The second-order valence-corrected chi connectivity index (χ2v) is 14.1. The Morgan fingerprint density at radius 2 is 1.06 bits per heavy atom. The zero-order chi connectivity index (χ0) is 34.5. The van der Waals surface area contributed by atoms with E-state index in [2.05, 4.69) is 19.2 Å². The van der Waals surface area contributed by atoms with Crippen molar-refractivity contribution in [1.29, 1.82) is 0 Å². The van der Waals surface area contributed by atoms with Gasteiger partial charge in [-0.1, -0.05) is 162 Å². The predicted octanol–water partition coefficient (Wildman–Crippen LogP) is 6.83. The minimum Gasteiger partial charge on any atom is -0.394 e. The van der Waals surface area contributed by atoms with Gasteiger partial charge in [0.2, 0.25) is 5.91 Å². The summed E-state index contributed by atoms with van der Waals surface area (Å²) in [5, 5.41) is 54.0. The van der Waals surface area contributed by atoms with Crippen LogP contribution < -0.4 is 5.32 Å². The molecule has 0 unspecified atom stereocenters. The van der Waals surface area contributed by atoms with Crippen molar-refractivity contribution in [3.8, 4) is 0 Å². The Kier molecular flexibility index (Phi) is 28.3. The lowest BCUT2D eigenvalue weighted by Crippen LogP contribution is -2.60. The van der Waals surface area contributed by atoms with Crippen molar-refractivity contribution in [2.75, 3.05) is 13.2 Å². The summed E-state index contributed by atoms with van der Waals surface area (Å²) in [6.45, 7) is 3.81. The second kappa shape index (κ2) is 30.1. The Morgan fingerprint density at radius 3 is 1.51 bits per heavy atom. The summed E-state index contributed by atoms with van der Waals surface area (Å²) >= 11 is 0. The van der Waals surface area contributed by atoms with E-state index in [4.69, 9.17) is 9.47 Å². The summed E-state index contributed by atoms with van der Waals surface area (Å²) < 4.78 is 11.2. The molecule has 47 heavy (non-hydrogen) atoms. The van der Waals surface area contributed by atoms with Crippen molar-refractivity contribution in [3.05, 3.63) is 0 Å². The van der Waals surface area contributed by atoms with Gasteiger partial charge in [-0.25, -0.2) is 0 Å². The van der Waals surface area contributed by atoms with Crippen molar-refractivity contribution in [2.45, 2.75) is 224 Å². The molecule has 280 valence electrons. The zero-order valence-electron chi connectivity index (χ0n) is 30.3. The Hall–Kier alpha value is -0.810. The number of hydrogen-bond acceptors (Lipinski definition) is 8. The highest BCUT2D eigenvalue weighted by atomic mass is 16.7. The highest BCUT2D eigenvalue weighted by Crippen LogP contribution is 2.23. The SMILES string of the molecule is CCCCCCCCCCCCCCC[C@@H](O)[C@H](CO[C@H]1O[C@H](CO)[C@@H](O)[C@H](O)[C@H]1O)NC(=O)CCCCCCCCCCCCC. The quantitative estimate of drug-likeness (QED) is 0.0426. The van der Waals surface area contributed by atoms with Crippen LogP contribution >= 0.6 is 0 Å². The lowest BCUT2D eigenvalue weighted by Gasteiger charge is -2.40. The number of aliphatic hydroxyl groups is 5. The minimum absolute atomic E-state index is 0.133.